The van der Waals surface area contributed by atoms with Crippen molar-refractivity contribution < 1.29 is 9.90 Å². The normalized spacial score (nSPS) is 21.9. The van der Waals surface area contributed by atoms with Crippen LogP contribution in [0.3, 0.4) is 0 Å². The zero-order valence-corrected chi connectivity index (χ0v) is 12.0. The second-order valence-corrected chi connectivity index (χ2v) is 5.55. The van der Waals surface area contributed by atoms with Gasteiger partial charge >= 0.3 is 5.97 Å². The van der Waals surface area contributed by atoms with Crippen LogP contribution in [0.2, 0.25) is 0 Å². The van der Waals surface area contributed by atoms with Gasteiger partial charge in [-0.1, -0.05) is 6.07 Å². The van der Waals surface area contributed by atoms with Crippen molar-refractivity contribution in [3.05, 3.63) is 42.4 Å². The Labute approximate surface area is 127 Å². The molecule has 114 valence electrons. The molecular weight excluding hydrogens is 282 g/mol. The standard InChI is InChI=1S/C15H17N5O2/c16-15(14(21)22)4-6-20(10-15)9-11-7-18-13(19-8-11)12-3-1-2-5-17-12/h1-3,5,7-8H,4,6,9-10,16H2,(H,21,22)/t15-/m0/s1. The molecule has 0 radical (unpaired) electrons. The molecule has 1 aliphatic rings. The summed E-state index contributed by atoms with van der Waals surface area (Å²) in [5.74, 6) is -0.374. The van der Waals surface area contributed by atoms with Crippen molar-refractivity contribution in [3.63, 3.8) is 0 Å². The first-order chi connectivity index (χ1) is 10.6. The van der Waals surface area contributed by atoms with Crippen LogP contribution in [0.25, 0.3) is 11.5 Å². The largest absolute Gasteiger partial charge is 0.480 e. The van der Waals surface area contributed by atoms with Crippen LogP contribution in [0.4, 0.5) is 0 Å². The topological polar surface area (TPSA) is 105 Å². The molecule has 1 fully saturated rings. The highest BCUT2D eigenvalue weighted by Crippen LogP contribution is 2.21. The minimum atomic E-state index is -1.14. The molecule has 0 aliphatic carbocycles. The van der Waals surface area contributed by atoms with Crippen molar-refractivity contribution >= 4 is 5.97 Å². The molecule has 2 aromatic heterocycles. The van der Waals surface area contributed by atoms with Crippen LogP contribution in [-0.2, 0) is 11.3 Å². The average Bonchev–Trinajstić information content (AvgIpc) is 2.92. The van der Waals surface area contributed by atoms with Crippen LogP contribution in [0.15, 0.2) is 36.8 Å². The molecule has 0 bridgehead atoms. The molecule has 2 aromatic rings. The van der Waals surface area contributed by atoms with Gasteiger partial charge in [0.05, 0.1) is 0 Å². The van der Waals surface area contributed by atoms with Crippen molar-refractivity contribution in [2.45, 2.75) is 18.5 Å². The first-order valence-electron chi connectivity index (χ1n) is 7.04. The number of nitrogens with two attached hydrogens (primary N) is 1. The Hall–Kier alpha value is -2.38. The second-order valence-electron chi connectivity index (χ2n) is 5.55. The fourth-order valence-electron chi connectivity index (χ4n) is 2.55. The Morgan fingerprint density at radius 3 is 2.68 bits per heavy atom. The SMILES string of the molecule is N[C@@]1(C(=O)O)CCN(Cc2cnc(-c3ccccn3)nc2)C1. The highest BCUT2D eigenvalue weighted by atomic mass is 16.4. The van der Waals surface area contributed by atoms with E-state index in [0.717, 1.165) is 11.3 Å². The summed E-state index contributed by atoms with van der Waals surface area (Å²) in [5.41, 5.74) is 6.37. The van der Waals surface area contributed by atoms with E-state index in [0.29, 0.717) is 31.9 Å². The molecule has 0 saturated carbocycles. The maximum Gasteiger partial charge on any atom is 0.325 e. The number of pyridine rings is 1. The monoisotopic (exact) mass is 299 g/mol. The van der Waals surface area contributed by atoms with Gasteiger partial charge in [0.15, 0.2) is 5.82 Å². The lowest BCUT2D eigenvalue weighted by Crippen LogP contribution is -2.50. The molecule has 1 aliphatic heterocycles. The predicted octanol–water partition coefficient (Wildman–Crippen LogP) is 0.526. The van der Waals surface area contributed by atoms with E-state index in [4.69, 9.17) is 10.8 Å². The molecule has 0 amide bonds. The van der Waals surface area contributed by atoms with E-state index in [2.05, 4.69) is 15.0 Å². The van der Waals surface area contributed by atoms with Crippen LogP contribution in [-0.4, -0.2) is 49.6 Å². The van der Waals surface area contributed by atoms with Gasteiger partial charge < -0.3 is 10.8 Å². The lowest BCUT2D eigenvalue weighted by atomic mass is 10.0. The summed E-state index contributed by atoms with van der Waals surface area (Å²) < 4.78 is 0. The minimum Gasteiger partial charge on any atom is -0.480 e. The van der Waals surface area contributed by atoms with Gasteiger partial charge in [-0.3, -0.25) is 14.7 Å². The first kappa shape index (κ1) is 14.6. The maximum absolute atomic E-state index is 11.1. The quantitative estimate of drug-likeness (QED) is 0.848. The van der Waals surface area contributed by atoms with Gasteiger partial charge in [-0.25, -0.2) is 9.97 Å². The number of carboxylic acid groups (broad SMARTS) is 1. The van der Waals surface area contributed by atoms with Crippen LogP contribution in [0.1, 0.15) is 12.0 Å². The van der Waals surface area contributed by atoms with E-state index < -0.39 is 11.5 Å². The molecule has 1 saturated heterocycles. The minimum absolute atomic E-state index is 0.338. The lowest BCUT2D eigenvalue weighted by Gasteiger charge is -2.19. The number of aromatic nitrogens is 3. The second kappa shape index (κ2) is 5.78. The number of aliphatic carboxylic acids is 1. The van der Waals surface area contributed by atoms with Gasteiger partial charge in [-0.05, 0) is 18.6 Å². The molecule has 3 heterocycles. The summed E-state index contributed by atoms with van der Waals surface area (Å²) >= 11 is 0. The van der Waals surface area contributed by atoms with Gasteiger partial charge in [0.25, 0.3) is 0 Å². The van der Waals surface area contributed by atoms with Gasteiger partial charge in [-0.15, -0.1) is 0 Å². The number of carbonyl (C=O) groups is 1. The number of hydrogen-bond acceptors (Lipinski definition) is 6. The van der Waals surface area contributed by atoms with E-state index >= 15 is 0 Å². The lowest BCUT2D eigenvalue weighted by molar-refractivity contribution is -0.142. The van der Waals surface area contributed by atoms with E-state index in [1.54, 1.807) is 18.6 Å². The molecule has 7 heteroatoms. The molecule has 3 N–H and O–H groups in total. The number of hydrogen-bond donors (Lipinski definition) is 2. The molecule has 22 heavy (non-hydrogen) atoms. The molecule has 3 rings (SSSR count). The Morgan fingerprint density at radius 1 is 1.32 bits per heavy atom. The highest BCUT2D eigenvalue weighted by molar-refractivity contribution is 5.79. The molecule has 1 atom stereocenters. The van der Waals surface area contributed by atoms with Crippen molar-refractivity contribution in [1.82, 2.24) is 19.9 Å². The molecule has 0 spiro atoms. The van der Waals surface area contributed by atoms with Gasteiger partial charge in [0, 0.05) is 43.8 Å². The fraction of sp³-hybridized carbons (Fsp3) is 0.333. The van der Waals surface area contributed by atoms with Gasteiger partial charge in [-0.2, -0.15) is 0 Å². The number of rotatable bonds is 4. The summed E-state index contributed by atoms with van der Waals surface area (Å²) in [5, 5.41) is 9.14. The van der Waals surface area contributed by atoms with Crippen molar-refractivity contribution in [2.75, 3.05) is 13.1 Å². The Kier molecular flexibility index (Phi) is 3.82. The zero-order valence-electron chi connectivity index (χ0n) is 12.0. The summed E-state index contributed by atoms with van der Waals surface area (Å²) in [6.45, 7) is 1.59. The van der Waals surface area contributed by atoms with E-state index in [1.165, 1.54) is 0 Å². The van der Waals surface area contributed by atoms with Crippen LogP contribution >= 0.6 is 0 Å². The van der Waals surface area contributed by atoms with Crippen molar-refractivity contribution in [1.29, 1.82) is 0 Å². The zero-order chi connectivity index (χ0) is 15.6. The number of carboxylic acids is 1. The van der Waals surface area contributed by atoms with Crippen LogP contribution < -0.4 is 5.73 Å². The maximum atomic E-state index is 11.1. The summed E-state index contributed by atoms with van der Waals surface area (Å²) in [4.78, 5) is 26.0. The third kappa shape index (κ3) is 2.95. The fourth-order valence-corrected chi connectivity index (χ4v) is 2.55. The Bertz CT molecular complexity index is 661. The Morgan fingerprint density at radius 2 is 2.09 bits per heavy atom. The number of nitrogens with zero attached hydrogens (tertiary/aromatic N) is 4. The average molecular weight is 299 g/mol. The third-order valence-corrected chi connectivity index (χ3v) is 3.81. The first-order valence-corrected chi connectivity index (χ1v) is 7.04. The summed E-state index contributed by atoms with van der Waals surface area (Å²) in [7, 11) is 0. The van der Waals surface area contributed by atoms with E-state index in [-0.39, 0.29) is 0 Å². The third-order valence-electron chi connectivity index (χ3n) is 3.81. The van der Waals surface area contributed by atoms with E-state index in [9.17, 15) is 4.79 Å². The van der Waals surface area contributed by atoms with Crippen LogP contribution in [0, 0.1) is 0 Å². The smallest absolute Gasteiger partial charge is 0.325 e. The van der Waals surface area contributed by atoms with Crippen molar-refractivity contribution in [2.24, 2.45) is 5.73 Å². The van der Waals surface area contributed by atoms with E-state index in [1.807, 2.05) is 23.1 Å². The highest BCUT2D eigenvalue weighted by Gasteiger charge is 2.41. The Balaban J connectivity index is 1.66. The summed E-state index contributed by atoms with van der Waals surface area (Å²) in [6.07, 6.45) is 5.64. The van der Waals surface area contributed by atoms with Crippen molar-refractivity contribution in [3.8, 4) is 11.5 Å². The molecular formula is C15H17N5O2. The molecule has 7 nitrogen and oxygen atoms in total. The molecule has 0 aromatic carbocycles. The van der Waals surface area contributed by atoms with Gasteiger partial charge in [0.1, 0.15) is 11.2 Å². The summed E-state index contributed by atoms with van der Waals surface area (Å²) in [6, 6.07) is 5.58. The van der Waals surface area contributed by atoms with Crippen LogP contribution in [0.5, 0.6) is 0 Å². The predicted molar refractivity (Wildman–Crippen MR) is 79.7 cm³/mol. The molecule has 0 unspecified atom stereocenters. The van der Waals surface area contributed by atoms with Gasteiger partial charge in [0.2, 0.25) is 0 Å². The number of likely N-dealkylation sites (tertiary alicyclic amines) is 1.